The molecule has 0 amide bonds. The lowest BCUT2D eigenvalue weighted by Crippen LogP contribution is -2.26. The number of para-hydroxylation sites is 2. The molecule has 0 aliphatic heterocycles. The highest BCUT2D eigenvalue weighted by Crippen LogP contribution is 2.42. The molecule has 11 rings (SSSR count). The molecule has 5 heteroatoms. The largest absolute Gasteiger partial charge is 0.377 e. The molecular formula is C61H60N4S. The maximum Gasteiger partial charge on any atom is 0.137 e. The second-order valence-electron chi connectivity index (χ2n) is 15.8. The van der Waals surface area contributed by atoms with Gasteiger partial charge in [0.25, 0.3) is 0 Å². The van der Waals surface area contributed by atoms with Gasteiger partial charge in [-0.1, -0.05) is 173 Å². The number of nitrogens with zero attached hydrogens (tertiary/aromatic N) is 3. The lowest BCUT2D eigenvalue weighted by Gasteiger charge is -2.30. The molecule has 6 aromatic carbocycles. The summed E-state index contributed by atoms with van der Waals surface area (Å²) in [6.07, 6.45) is 21.2. The molecule has 3 heterocycles. The van der Waals surface area contributed by atoms with Gasteiger partial charge >= 0.3 is 0 Å². The third kappa shape index (κ3) is 9.31. The summed E-state index contributed by atoms with van der Waals surface area (Å²) in [4.78, 5) is 7.48. The third-order valence-corrected chi connectivity index (χ3v) is 13.3. The van der Waals surface area contributed by atoms with Gasteiger partial charge in [0, 0.05) is 53.9 Å². The first-order valence-corrected chi connectivity index (χ1v) is 24.4. The molecule has 0 bridgehead atoms. The number of hydrogen-bond acceptors (Lipinski definition) is 4. The number of anilines is 3. The van der Waals surface area contributed by atoms with Crippen LogP contribution in [0.5, 0.6) is 0 Å². The topological polar surface area (TPSA) is 33.1 Å². The van der Waals surface area contributed by atoms with Crippen LogP contribution in [0.25, 0.3) is 53.2 Å². The normalized spacial score (nSPS) is 15.3. The van der Waals surface area contributed by atoms with Crippen molar-refractivity contribution in [3.05, 3.63) is 229 Å². The SMILES string of the molecule is C/C=C\C.C1=CC(Nc2ccc(N(C3=CC=C(c4cccc5c4sc4ccccc45)CC3)c3ccc(-n4c5ccccc5c5ccccc54)cc3)nc2)C(c2ccccc2)C=C1.CC.CC. The number of allylic oxidation sites excluding steroid dienone is 8. The molecule has 0 spiro atoms. The van der Waals surface area contributed by atoms with E-state index in [9.17, 15) is 0 Å². The average molecular weight is 881 g/mol. The van der Waals surface area contributed by atoms with Crippen LogP contribution in [0.1, 0.15) is 71.4 Å². The highest BCUT2D eigenvalue weighted by atomic mass is 32.1. The Morgan fingerprint density at radius 3 is 1.89 bits per heavy atom. The number of aromatic nitrogens is 2. The van der Waals surface area contributed by atoms with Gasteiger partial charge in [-0.25, -0.2) is 4.98 Å². The van der Waals surface area contributed by atoms with Crippen LogP contribution in [0.3, 0.4) is 0 Å². The number of benzene rings is 6. The Morgan fingerprint density at radius 2 is 1.24 bits per heavy atom. The van der Waals surface area contributed by atoms with E-state index in [1.807, 2.05) is 71.2 Å². The van der Waals surface area contributed by atoms with E-state index in [0.717, 1.165) is 35.7 Å². The molecule has 3 aromatic heterocycles. The summed E-state index contributed by atoms with van der Waals surface area (Å²) in [6.45, 7) is 12.0. The molecule has 4 nitrogen and oxygen atoms in total. The standard InChI is InChI=1S/C53H40N4S.C4H8.2C2H6/c1-2-13-36(14-3-1)42-15-4-8-21-48(42)55-38-27-34-52(54-35-38)56(39-28-25-37(26-29-39)43-19-12-20-47-46-18-7-11-24-51(46)58-53(43)47)40-30-32-41(33-31-40)57-49-22-9-5-16-44(49)45-17-6-10-23-50(45)57;1-3-4-2;2*1-2/h1-25,27-28,30-35,42,48,55H,26,29H2;3-4H,1-2H3;2*1-2H3/b;4-3-;;. The summed E-state index contributed by atoms with van der Waals surface area (Å²) in [7, 11) is 0. The van der Waals surface area contributed by atoms with E-state index in [2.05, 4.69) is 209 Å². The van der Waals surface area contributed by atoms with Gasteiger partial charge in [0.15, 0.2) is 0 Å². The van der Waals surface area contributed by atoms with Crippen molar-refractivity contribution in [2.75, 3.05) is 10.2 Å². The van der Waals surface area contributed by atoms with Crippen molar-refractivity contribution in [3.8, 4) is 5.69 Å². The zero-order chi connectivity index (χ0) is 45.8. The molecule has 2 aliphatic carbocycles. The molecule has 330 valence electrons. The Hall–Kier alpha value is -7.21. The van der Waals surface area contributed by atoms with Crippen LogP contribution < -0.4 is 10.2 Å². The molecule has 0 saturated carbocycles. The second kappa shape index (κ2) is 21.6. The molecule has 2 unspecified atom stereocenters. The molecule has 0 fully saturated rings. The Bertz CT molecular complexity index is 3120. The quantitative estimate of drug-likeness (QED) is 0.154. The summed E-state index contributed by atoms with van der Waals surface area (Å²) in [5, 5.41) is 8.97. The van der Waals surface area contributed by atoms with E-state index < -0.39 is 0 Å². The second-order valence-corrected chi connectivity index (χ2v) is 16.9. The van der Waals surface area contributed by atoms with Crippen molar-refractivity contribution >= 4 is 76.1 Å². The summed E-state index contributed by atoms with van der Waals surface area (Å²) in [6, 6.07) is 57.0. The first-order valence-electron chi connectivity index (χ1n) is 23.6. The zero-order valence-electron chi connectivity index (χ0n) is 39.0. The molecular weight excluding hydrogens is 821 g/mol. The number of nitrogens with one attached hydrogen (secondary N) is 1. The van der Waals surface area contributed by atoms with Crippen molar-refractivity contribution in [2.45, 2.75) is 66.3 Å². The van der Waals surface area contributed by atoms with Crippen molar-refractivity contribution < 1.29 is 0 Å². The fourth-order valence-corrected chi connectivity index (χ4v) is 10.2. The first kappa shape index (κ1) is 45.4. The van der Waals surface area contributed by atoms with Crippen LogP contribution in [0, 0.1) is 0 Å². The highest BCUT2D eigenvalue weighted by Gasteiger charge is 2.23. The van der Waals surface area contributed by atoms with E-state index in [4.69, 9.17) is 4.98 Å². The van der Waals surface area contributed by atoms with E-state index >= 15 is 0 Å². The fraction of sp³-hybridized carbons (Fsp3) is 0.164. The highest BCUT2D eigenvalue weighted by molar-refractivity contribution is 7.26. The Labute approximate surface area is 395 Å². The van der Waals surface area contributed by atoms with Crippen LogP contribution in [0.15, 0.2) is 218 Å². The summed E-state index contributed by atoms with van der Waals surface area (Å²) in [5.41, 5.74) is 10.8. The third-order valence-electron chi connectivity index (χ3n) is 12.1. The van der Waals surface area contributed by atoms with Gasteiger partial charge in [0.05, 0.1) is 29.0 Å². The van der Waals surface area contributed by atoms with Crippen LogP contribution in [0.4, 0.5) is 17.2 Å². The van der Waals surface area contributed by atoms with E-state index in [0.29, 0.717) is 0 Å². The molecule has 1 N–H and O–H groups in total. The number of thiophene rings is 1. The minimum Gasteiger partial charge on any atom is -0.377 e. The molecule has 2 aliphatic rings. The predicted molar refractivity (Wildman–Crippen MR) is 290 cm³/mol. The molecule has 2 atom stereocenters. The maximum atomic E-state index is 5.15. The predicted octanol–water partition coefficient (Wildman–Crippen LogP) is 17.8. The fourth-order valence-electron chi connectivity index (χ4n) is 8.97. The minimum absolute atomic E-state index is 0.125. The van der Waals surface area contributed by atoms with Crippen LogP contribution in [-0.4, -0.2) is 15.6 Å². The van der Waals surface area contributed by atoms with Gasteiger partial charge in [-0.05, 0) is 104 Å². The lowest BCUT2D eigenvalue weighted by atomic mass is 9.88. The number of hydrogen-bond donors (Lipinski definition) is 1. The molecule has 66 heavy (non-hydrogen) atoms. The van der Waals surface area contributed by atoms with Crippen LogP contribution in [0.2, 0.25) is 0 Å². The van der Waals surface area contributed by atoms with Crippen LogP contribution in [-0.2, 0) is 0 Å². The van der Waals surface area contributed by atoms with Gasteiger partial charge in [-0.3, -0.25) is 4.90 Å². The summed E-state index contributed by atoms with van der Waals surface area (Å²) >= 11 is 1.90. The van der Waals surface area contributed by atoms with Gasteiger partial charge in [-0.15, -0.1) is 11.3 Å². The lowest BCUT2D eigenvalue weighted by molar-refractivity contribution is 0.755. The summed E-state index contributed by atoms with van der Waals surface area (Å²) in [5.74, 6) is 1.13. The van der Waals surface area contributed by atoms with Crippen molar-refractivity contribution in [1.29, 1.82) is 0 Å². The Balaban J connectivity index is 0.000000696. The van der Waals surface area contributed by atoms with Crippen molar-refractivity contribution in [1.82, 2.24) is 9.55 Å². The Morgan fingerprint density at radius 1 is 0.606 bits per heavy atom. The average Bonchev–Trinajstić information content (AvgIpc) is 3.95. The minimum atomic E-state index is 0.125. The molecule has 0 radical (unpaired) electrons. The van der Waals surface area contributed by atoms with Crippen molar-refractivity contribution in [2.24, 2.45) is 0 Å². The van der Waals surface area contributed by atoms with Gasteiger partial charge in [0.1, 0.15) is 5.82 Å². The van der Waals surface area contributed by atoms with Crippen molar-refractivity contribution in [3.63, 3.8) is 0 Å². The molecule has 0 saturated heterocycles. The van der Waals surface area contributed by atoms with Gasteiger partial charge in [-0.2, -0.15) is 0 Å². The number of fused-ring (bicyclic) bond motifs is 6. The number of rotatable bonds is 8. The van der Waals surface area contributed by atoms with Crippen LogP contribution >= 0.6 is 11.3 Å². The maximum absolute atomic E-state index is 5.15. The van der Waals surface area contributed by atoms with E-state index in [1.54, 1.807) is 0 Å². The molecule has 9 aromatic rings. The zero-order valence-corrected chi connectivity index (χ0v) is 39.8. The van der Waals surface area contributed by atoms with Gasteiger partial charge < -0.3 is 9.88 Å². The number of pyridine rings is 1. The van der Waals surface area contributed by atoms with E-state index in [1.165, 1.54) is 64.4 Å². The van der Waals surface area contributed by atoms with E-state index in [-0.39, 0.29) is 12.0 Å². The van der Waals surface area contributed by atoms with Gasteiger partial charge in [0.2, 0.25) is 0 Å². The smallest absolute Gasteiger partial charge is 0.137 e. The Kier molecular flexibility index (Phi) is 14.9. The first-order chi connectivity index (χ1) is 32.7. The monoisotopic (exact) mass is 880 g/mol. The summed E-state index contributed by atoms with van der Waals surface area (Å²) < 4.78 is 5.08.